The molecule has 0 aromatic carbocycles. The van der Waals surface area contributed by atoms with E-state index in [0.717, 1.165) is 6.92 Å². The fraction of sp³-hybridized carbons (Fsp3) is 0.929. The zero-order valence-electron chi connectivity index (χ0n) is 13.6. The number of carbonyl (C=O) groups is 1. The molecular formula is C14H22F6O3. The van der Waals surface area contributed by atoms with Crippen molar-refractivity contribution in [1.82, 2.24) is 0 Å². The summed E-state index contributed by atoms with van der Waals surface area (Å²) in [5, 5.41) is 9.10. The zero-order valence-corrected chi connectivity index (χ0v) is 13.6. The molecule has 0 aromatic rings. The monoisotopic (exact) mass is 352 g/mol. The molecule has 0 rings (SSSR count). The van der Waals surface area contributed by atoms with E-state index in [4.69, 9.17) is 9.84 Å². The molecule has 0 amide bonds. The van der Waals surface area contributed by atoms with Crippen molar-refractivity contribution in [3.8, 4) is 0 Å². The van der Waals surface area contributed by atoms with Crippen LogP contribution in [0, 0.1) is 11.3 Å². The summed E-state index contributed by atoms with van der Waals surface area (Å²) >= 11 is 0. The first-order valence-electron chi connectivity index (χ1n) is 7.09. The van der Waals surface area contributed by atoms with Crippen LogP contribution in [0.2, 0.25) is 0 Å². The predicted octanol–water partition coefficient (Wildman–Crippen LogP) is 4.24. The molecule has 23 heavy (non-hydrogen) atoms. The van der Waals surface area contributed by atoms with Crippen molar-refractivity contribution >= 4 is 5.97 Å². The molecule has 0 aliphatic carbocycles. The third-order valence-electron chi connectivity index (χ3n) is 4.30. The number of rotatable bonds is 6. The van der Waals surface area contributed by atoms with Crippen LogP contribution in [0.5, 0.6) is 0 Å². The van der Waals surface area contributed by atoms with E-state index in [-0.39, 0.29) is 5.92 Å². The lowest BCUT2D eigenvalue weighted by Gasteiger charge is -2.36. The fourth-order valence-corrected chi connectivity index (χ4v) is 1.96. The smallest absolute Gasteiger partial charge is 0.426 e. The molecule has 2 atom stereocenters. The molecule has 0 saturated heterocycles. The largest absolute Gasteiger partial charge is 0.462 e. The van der Waals surface area contributed by atoms with E-state index in [0.29, 0.717) is 6.42 Å². The Morgan fingerprint density at radius 3 is 1.70 bits per heavy atom. The van der Waals surface area contributed by atoms with Crippen LogP contribution < -0.4 is 0 Å². The van der Waals surface area contributed by atoms with Crippen LogP contribution in [0.25, 0.3) is 0 Å². The van der Waals surface area contributed by atoms with Crippen LogP contribution in [-0.4, -0.2) is 35.1 Å². The topological polar surface area (TPSA) is 46.5 Å². The first-order chi connectivity index (χ1) is 10.0. The third-order valence-corrected chi connectivity index (χ3v) is 4.30. The number of alkyl halides is 6. The summed E-state index contributed by atoms with van der Waals surface area (Å²) in [6.07, 6.45) is -15.1. The molecule has 0 heterocycles. The minimum atomic E-state index is -5.93. The molecule has 0 spiro atoms. The second-order valence-electron chi connectivity index (χ2n) is 6.20. The fourth-order valence-electron chi connectivity index (χ4n) is 1.96. The number of hydrogen-bond acceptors (Lipinski definition) is 3. The first-order valence-corrected chi connectivity index (χ1v) is 7.09. The Morgan fingerprint density at radius 1 is 1.04 bits per heavy atom. The molecular weight excluding hydrogens is 330 g/mol. The lowest BCUT2D eigenvalue weighted by atomic mass is 9.77. The molecule has 3 nitrogen and oxygen atoms in total. The summed E-state index contributed by atoms with van der Waals surface area (Å²) in [6, 6.07) is 0. The molecule has 9 heteroatoms. The minimum Gasteiger partial charge on any atom is -0.462 e. The van der Waals surface area contributed by atoms with Gasteiger partial charge in [-0.3, -0.25) is 4.79 Å². The molecule has 0 aliphatic rings. The predicted molar refractivity (Wildman–Crippen MR) is 70.5 cm³/mol. The van der Waals surface area contributed by atoms with Gasteiger partial charge in [0.25, 0.3) is 5.60 Å². The van der Waals surface area contributed by atoms with E-state index in [1.165, 1.54) is 6.92 Å². The molecule has 0 aromatic heterocycles. The maximum atomic E-state index is 12.6. The molecule has 0 bridgehead atoms. The summed E-state index contributed by atoms with van der Waals surface area (Å²) in [5.41, 5.74) is -5.97. The highest BCUT2D eigenvalue weighted by atomic mass is 19.4. The van der Waals surface area contributed by atoms with Gasteiger partial charge in [-0.05, 0) is 26.2 Å². The second kappa shape index (κ2) is 6.86. The molecule has 138 valence electrons. The average molecular weight is 352 g/mol. The first kappa shape index (κ1) is 22.0. The van der Waals surface area contributed by atoms with Crippen molar-refractivity contribution in [3.05, 3.63) is 0 Å². The Morgan fingerprint density at radius 2 is 1.43 bits per heavy atom. The number of halogens is 6. The molecule has 0 fully saturated rings. The van der Waals surface area contributed by atoms with E-state index in [1.54, 1.807) is 20.8 Å². The average Bonchev–Trinajstić information content (AvgIpc) is 2.34. The van der Waals surface area contributed by atoms with Gasteiger partial charge in [-0.15, -0.1) is 0 Å². The summed E-state index contributed by atoms with van der Waals surface area (Å²) < 4.78 is 80.5. The van der Waals surface area contributed by atoms with Gasteiger partial charge in [-0.2, -0.15) is 26.3 Å². The maximum Gasteiger partial charge on any atom is 0.426 e. The van der Waals surface area contributed by atoms with E-state index in [9.17, 15) is 31.1 Å². The zero-order chi connectivity index (χ0) is 18.9. The SMILES string of the molecule is CCC(C)(C(=O)OC(C)CC(O)(C(F)(F)F)C(F)(F)F)C(C)C. The number of ether oxygens (including phenoxy) is 1. The quantitative estimate of drug-likeness (QED) is 0.575. The second-order valence-corrected chi connectivity index (χ2v) is 6.20. The van der Waals surface area contributed by atoms with Gasteiger partial charge in [0.05, 0.1) is 5.41 Å². The minimum absolute atomic E-state index is 0.226. The highest BCUT2D eigenvalue weighted by molar-refractivity contribution is 5.76. The van der Waals surface area contributed by atoms with Crippen LogP contribution in [-0.2, 0) is 9.53 Å². The van der Waals surface area contributed by atoms with Crippen LogP contribution in [0.3, 0.4) is 0 Å². The van der Waals surface area contributed by atoms with Gasteiger partial charge in [-0.1, -0.05) is 20.8 Å². The highest BCUT2D eigenvalue weighted by Gasteiger charge is 2.70. The van der Waals surface area contributed by atoms with Gasteiger partial charge in [0, 0.05) is 6.42 Å². The van der Waals surface area contributed by atoms with Gasteiger partial charge >= 0.3 is 18.3 Å². The van der Waals surface area contributed by atoms with E-state index >= 15 is 0 Å². The molecule has 0 saturated carbocycles. The van der Waals surface area contributed by atoms with Gasteiger partial charge < -0.3 is 9.84 Å². The van der Waals surface area contributed by atoms with Crippen LogP contribution in [0.15, 0.2) is 0 Å². The Hall–Kier alpha value is -0.990. The Kier molecular flexibility index (Phi) is 6.57. The number of carbonyl (C=O) groups excluding carboxylic acids is 1. The van der Waals surface area contributed by atoms with Crippen molar-refractivity contribution < 1.29 is 41.0 Å². The van der Waals surface area contributed by atoms with Crippen molar-refractivity contribution in [1.29, 1.82) is 0 Å². The van der Waals surface area contributed by atoms with E-state index in [1.807, 2.05) is 0 Å². The molecule has 2 unspecified atom stereocenters. The maximum absolute atomic E-state index is 12.6. The van der Waals surface area contributed by atoms with E-state index < -0.39 is 41.9 Å². The third kappa shape index (κ3) is 4.51. The van der Waals surface area contributed by atoms with Crippen LogP contribution in [0.1, 0.15) is 47.5 Å². The number of esters is 1. The lowest BCUT2D eigenvalue weighted by Crippen LogP contribution is -2.58. The Balaban J connectivity index is 5.27. The summed E-state index contributed by atoms with van der Waals surface area (Å²) in [6.45, 7) is 7.45. The van der Waals surface area contributed by atoms with Gasteiger partial charge in [0.15, 0.2) is 0 Å². The normalized spacial score (nSPS) is 17.8. The molecule has 0 radical (unpaired) electrons. The summed E-state index contributed by atoms with van der Waals surface area (Å²) in [7, 11) is 0. The standard InChI is InChI=1S/C14H22F6O3/c1-6-11(5,8(2)3)10(21)23-9(4)7-12(22,13(15,16)17)14(18,19)20/h8-9,22H,6-7H2,1-5H3. The number of aliphatic hydroxyl groups is 1. The molecule has 0 aliphatic heterocycles. The highest BCUT2D eigenvalue weighted by Crippen LogP contribution is 2.46. The van der Waals surface area contributed by atoms with Crippen molar-refractivity contribution in [3.63, 3.8) is 0 Å². The summed E-state index contributed by atoms with van der Waals surface area (Å²) in [5.74, 6) is -1.12. The number of hydrogen-bond donors (Lipinski definition) is 1. The van der Waals surface area contributed by atoms with Crippen molar-refractivity contribution in [2.24, 2.45) is 11.3 Å². The van der Waals surface area contributed by atoms with E-state index in [2.05, 4.69) is 0 Å². The Labute approximate surface area is 131 Å². The summed E-state index contributed by atoms with van der Waals surface area (Å²) in [4.78, 5) is 12.1. The lowest BCUT2D eigenvalue weighted by molar-refractivity contribution is -0.373. The molecule has 1 N–H and O–H groups in total. The van der Waals surface area contributed by atoms with Gasteiger partial charge in [-0.25, -0.2) is 0 Å². The van der Waals surface area contributed by atoms with Crippen molar-refractivity contribution in [2.75, 3.05) is 0 Å². The van der Waals surface area contributed by atoms with Gasteiger partial charge in [0.1, 0.15) is 6.10 Å². The van der Waals surface area contributed by atoms with Gasteiger partial charge in [0.2, 0.25) is 0 Å². The van der Waals surface area contributed by atoms with Crippen LogP contribution >= 0.6 is 0 Å². The Bertz CT molecular complexity index is 402. The van der Waals surface area contributed by atoms with Crippen LogP contribution in [0.4, 0.5) is 26.3 Å². The van der Waals surface area contributed by atoms with Crippen molar-refractivity contribution in [2.45, 2.75) is 71.5 Å².